The highest BCUT2D eigenvalue weighted by atomic mass is 14.9. The molecule has 0 saturated heterocycles. The normalized spacial score (nSPS) is 16.5. The Hall–Kier alpha value is -1.18. The maximum absolute atomic E-state index is 6.05. The van der Waals surface area contributed by atoms with Gasteiger partial charge in [0.1, 0.15) is 0 Å². The molecule has 0 radical (unpaired) electrons. The molecule has 2 rings (SSSR count). The summed E-state index contributed by atoms with van der Waals surface area (Å²) in [6.45, 7) is 5.30. The summed E-state index contributed by atoms with van der Waals surface area (Å²) in [7, 11) is 0. The standard InChI is InChI=1S/C17H28N2/c1-13-11-16(18)17(12-14(13)2)19-10-6-9-15-7-4-3-5-8-15/h11-12,15,19H,3-10,18H2,1-2H3. The quantitative estimate of drug-likeness (QED) is 0.597. The van der Waals surface area contributed by atoms with Crippen LogP contribution in [0.2, 0.25) is 0 Å². The molecule has 106 valence electrons. The number of nitrogen functional groups attached to an aromatic ring is 1. The molecule has 1 saturated carbocycles. The fraction of sp³-hybridized carbons (Fsp3) is 0.647. The van der Waals surface area contributed by atoms with E-state index in [1.165, 1.54) is 56.1 Å². The van der Waals surface area contributed by atoms with Crippen LogP contribution in [-0.4, -0.2) is 6.54 Å². The molecule has 1 aliphatic carbocycles. The van der Waals surface area contributed by atoms with E-state index in [2.05, 4.69) is 31.3 Å². The molecule has 1 aromatic carbocycles. The van der Waals surface area contributed by atoms with Gasteiger partial charge >= 0.3 is 0 Å². The van der Waals surface area contributed by atoms with Crippen molar-refractivity contribution in [2.24, 2.45) is 5.92 Å². The highest BCUT2D eigenvalue weighted by Gasteiger charge is 2.12. The van der Waals surface area contributed by atoms with Gasteiger partial charge in [-0.05, 0) is 55.9 Å². The van der Waals surface area contributed by atoms with Gasteiger partial charge in [-0.2, -0.15) is 0 Å². The third-order valence-corrected chi connectivity index (χ3v) is 4.50. The van der Waals surface area contributed by atoms with Crippen molar-refractivity contribution >= 4 is 11.4 Å². The van der Waals surface area contributed by atoms with Crippen LogP contribution in [0, 0.1) is 19.8 Å². The zero-order valence-electron chi connectivity index (χ0n) is 12.5. The molecule has 1 fully saturated rings. The largest absolute Gasteiger partial charge is 0.397 e. The molecule has 0 aliphatic heterocycles. The Bertz CT molecular complexity index is 406. The number of benzene rings is 1. The van der Waals surface area contributed by atoms with Crippen molar-refractivity contribution in [1.82, 2.24) is 0 Å². The number of nitrogens with one attached hydrogen (secondary N) is 1. The van der Waals surface area contributed by atoms with Gasteiger partial charge in [0.15, 0.2) is 0 Å². The molecule has 1 aromatic rings. The smallest absolute Gasteiger partial charge is 0.0576 e. The van der Waals surface area contributed by atoms with Crippen molar-refractivity contribution in [3.05, 3.63) is 23.3 Å². The molecule has 0 bridgehead atoms. The lowest BCUT2D eigenvalue weighted by Crippen LogP contribution is -2.10. The molecule has 19 heavy (non-hydrogen) atoms. The Morgan fingerprint density at radius 1 is 1.11 bits per heavy atom. The molecule has 2 heteroatoms. The lowest BCUT2D eigenvalue weighted by molar-refractivity contribution is 0.335. The molecule has 3 N–H and O–H groups in total. The van der Waals surface area contributed by atoms with Crippen molar-refractivity contribution in [2.45, 2.75) is 58.8 Å². The molecule has 1 aliphatic rings. The van der Waals surface area contributed by atoms with Crippen LogP contribution in [0.1, 0.15) is 56.1 Å². The number of nitrogens with two attached hydrogens (primary N) is 1. The summed E-state index contributed by atoms with van der Waals surface area (Å²) in [5, 5.41) is 3.50. The average molecular weight is 260 g/mol. The van der Waals surface area contributed by atoms with E-state index in [0.29, 0.717) is 0 Å². The lowest BCUT2D eigenvalue weighted by Gasteiger charge is -2.21. The van der Waals surface area contributed by atoms with E-state index in [9.17, 15) is 0 Å². The van der Waals surface area contributed by atoms with Crippen molar-refractivity contribution < 1.29 is 0 Å². The Morgan fingerprint density at radius 2 is 1.79 bits per heavy atom. The fourth-order valence-electron chi connectivity index (χ4n) is 3.08. The SMILES string of the molecule is Cc1cc(N)c(NCCCC2CCCCC2)cc1C. The maximum atomic E-state index is 6.05. The molecular formula is C17H28N2. The minimum absolute atomic E-state index is 0.876. The van der Waals surface area contributed by atoms with E-state index in [1.54, 1.807) is 0 Å². The second kappa shape index (κ2) is 6.83. The maximum Gasteiger partial charge on any atom is 0.0576 e. The van der Waals surface area contributed by atoms with Crippen molar-refractivity contribution in [3.8, 4) is 0 Å². The second-order valence-electron chi connectivity index (χ2n) is 6.10. The Morgan fingerprint density at radius 3 is 2.53 bits per heavy atom. The van der Waals surface area contributed by atoms with Crippen molar-refractivity contribution in [2.75, 3.05) is 17.6 Å². The predicted molar refractivity (Wildman–Crippen MR) is 84.6 cm³/mol. The summed E-state index contributed by atoms with van der Waals surface area (Å²) in [5.74, 6) is 0.979. The van der Waals surface area contributed by atoms with Crippen LogP contribution in [0.4, 0.5) is 11.4 Å². The third kappa shape index (κ3) is 4.15. The topological polar surface area (TPSA) is 38.0 Å². The van der Waals surface area contributed by atoms with Gasteiger partial charge in [-0.15, -0.1) is 0 Å². The van der Waals surface area contributed by atoms with Crippen LogP contribution in [0.5, 0.6) is 0 Å². The van der Waals surface area contributed by atoms with E-state index in [4.69, 9.17) is 5.73 Å². The lowest BCUT2D eigenvalue weighted by atomic mass is 9.86. The summed E-state index contributed by atoms with van der Waals surface area (Å²) in [5.41, 5.74) is 10.6. The number of hydrogen-bond acceptors (Lipinski definition) is 2. The van der Waals surface area contributed by atoms with E-state index < -0.39 is 0 Å². The van der Waals surface area contributed by atoms with Crippen LogP contribution < -0.4 is 11.1 Å². The molecule has 0 aromatic heterocycles. The highest BCUT2D eigenvalue weighted by Crippen LogP contribution is 2.27. The van der Waals surface area contributed by atoms with Crippen LogP contribution in [-0.2, 0) is 0 Å². The van der Waals surface area contributed by atoms with Gasteiger partial charge in [-0.1, -0.05) is 32.1 Å². The van der Waals surface area contributed by atoms with Crippen LogP contribution >= 0.6 is 0 Å². The number of aryl methyl sites for hydroxylation is 2. The van der Waals surface area contributed by atoms with Gasteiger partial charge < -0.3 is 11.1 Å². The number of hydrogen-bond donors (Lipinski definition) is 2. The molecule has 0 atom stereocenters. The molecular weight excluding hydrogens is 232 g/mol. The zero-order valence-corrected chi connectivity index (χ0v) is 12.5. The van der Waals surface area contributed by atoms with Gasteiger partial charge in [0.2, 0.25) is 0 Å². The van der Waals surface area contributed by atoms with Crippen LogP contribution in [0.3, 0.4) is 0 Å². The van der Waals surface area contributed by atoms with Crippen molar-refractivity contribution in [1.29, 1.82) is 0 Å². The molecule has 0 unspecified atom stereocenters. The second-order valence-corrected chi connectivity index (χ2v) is 6.10. The van der Waals surface area contributed by atoms with E-state index in [0.717, 1.165) is 23.8 Å². The summed E-state index contributed by atoms with van der Waals surface area (Å²) < 4.78 is 0. The summed E-state index contributed by atoms with van der Waals surface area (Å²) in [6, 6.07) is 4.24. The average Bonchev–Trinajstić information content (AvgIpc) is 2.41. The first kappa shape index (κ1) is 14.2. The summed E-state index contributed by atoms with van der Waals surface area (Å²) in [4.78, 5) is 0. The minimum atomic E-state index is 0.876. The number of rotatable bonds is 5. The van der Waals surface area contributed by atoms with Gasteiger partial charge in [-0.25, -0.2) is 0 Å². The van der Waals surface area contributed by atoms with Crippen LogP contribution in [0.25, 0.3) is 0 Å². The van der Waals surface area contributed by atoms with E-state index in [-0.39, 0.29) is 0 Å². The first-order valence-corrected chi connectivity index (χ1v) is 7.77. The highest BCUT2D eigenvalue weighted by molar-refractivity contribution is 5.68. The van der Waals surface area contributed by atoms with E-state index >= 15 is 0 Å². The van der Waals surface area contributed by atoms with Gasteiger partial charge in [0.25, 0.3) is 0 Å². The molecule has 0 spiro atoms. The number of anilines is 2. The minimum Gasteiger partial charge on any atom is -0.397 e. The van der Waals surface area contributed by atoms with Gasteiger partial charge in [-0.3, -0.25) is 0 Å². The third-order valence-electron chi connectivity index (χ3n) is 4.50. The Balaban J connectivity index is 1.74. The zero-order chi connectivity index (χ0) is 13.7. The summed E-state index contributed by atoms with van der Waals surface area (Å²) in [6.07, 6.45) is 9.88. The van der Waals surface area contributed by atoms with Crippen LogP contribution in [0.15, 0.2) is 12.1 Å². The molecule has 0 heterocycles. The Kier molecular flexibility index (Phi) is 5.12. The molecule has 0 amide bonds. The Labute approximate surface area is 117 Å². The predicted octanol–water partition coefficient (Wildman–Crippen LogP) is 4.66. The summed E-state index contributed by atoms with van der Waals surface area (Å²) >= 11 is 0. The monoisotopic (exact) mass is 260 g/mol. The molecule has 2 nitrogen and oxygen atoms in total. The van der Waals surface area contributed by atoms with E-state index in [1.807, 2.05) is 0 Å². The first-order chi connectivity index (χ1) is 9.16. The first-order valence-electron chi connectivity index (χ1n) is 7.77. The fourth-order valence-corrected chi connectivity index (χ4v) is 3.08. The van der Waals surface area contributed by atoms with Crippen molar-refractivity contribution in [3.63, 3.8) is 0 Å². The van der Waals surface area contributed by atoms with Gasteiger partial charge in [0.05, 0.1) is 11.4 Å². The van der Waals surface area contributed by atoms with Gasteiger partial charge in [0, 0.05) is 6.54 Å².